The van der Waals surface area contributed by atoms with Crippen LogP contribution in [0.1, 0.15) is 32.3 Å². The lowest BCUT2D eigenvalue weighted by Crippen LogP contribution is -2.24. The second kappa shape index (κ2) is 5.74. The van der Waals surface area contributed by atoms with Gasteiger partial charge in [-0.25, -0.2) is 0 Å². The van der Waals surface area contributed by atoms with Gasteiger partial charge < -0.3 is 15.3 Å². The zero-order valence-electron chi connectivity index (χ0n) is 12.5. The molecule has 2 N–H and O–H groups in total. The third-order valence-electron chi connectivity index (χ3n) is 4.83. The van der Waals surface area contributed by atoms with Gasteiger partial charge in [0.15, 0.2) is 0 Å². The minimum atomic E-state index is -0.0699. The summed E-state index contributed by atoms with van der Waals surface area (Å²) < 4.78 is 0. The van der Waals surface area contributed by atoms with Crippen molar-refractivity contribution >= 4 is 5.69 Å². The first kappa shape index (κ1) is 13.9. The van der Waals surface area contributed by atoms with Gasteiger partial charge in [0.25, 0.3) is 0 Å². The topological polar surface area (TPSA) is 35.5 Å². The number of hydrogen-bond acceptors (Lipinski definition) is 3. The molecule has 3 unspecified atom stereocenters. The second-order valence-corrected chi connectivity index (χ2v) is 6.68. The van der Waals surface area contributed by atoms with Gasteiger partial charge in [-0.1, -0.05) is 26.0 Å². The maximum Gasteiger partial charge on any atom is 0.0588 e. The molecule has 3 rings (SSSR count). The Balaban J connectivity index is 1.61. The van der Waals surface area contributed by atoms with Crippen LogP contribution in [0.4, 0.5) is 5.69 Å². The lowest BCUT2D eigenvalue weighted by atomic mass is 10.00. The lowest BCUT2D eigenvalue weighted by Gasteiger charge is -2.21. The van der Waals surface area contributed by atoms with Gasteiger partial charge in [-0.15, -0.1) is 0 Å². The fourth-order valence-corrected chi connectivity index (χ4v) is 3.59. The van der Waals surface area contributed by atoms with Gasteiger partial charge in [-0.3, -0.25) is 0 Å². The standard InChI is InChI=1S/C17H26N2O/c1-12(2)18-9-13-3-6-15(7-4-13)19-10-14-5-8-17(20)16(14)11-19/h3-4,6-7,12,14,16-18,20H,5,8-11H2,1-2H3. The molecular formula is C17H26N2O. The summed E-state index contributed by atoms with van der Waals surface area (Å²) >= 11 is 0. The summed E-state index contributed by atoms with van der Waals surface area (Å²) in [6.07, 6.45) is 2.13. The zero-order valence-corrected chi connectivity index (χ0v) is 12.5. The maximum absolute atomic E-state index is 10.00. The van der Waals surface area contributed by atoms with E-state index in [9.17, 15) is 5.11 Å². The average Bonchev–Trinajstić information content (AvgIpc) is 3.00. The fourth-order valence-electron chi connectivity index (χ4n) is 3.59. The minimum Gasteiger partial charge on any atom is -0.393 e. The Morgan fingerprint density at radius 3 is 2.60 bits per heavy atom. The van der Waals surface area contributed by atoms with Gasteiger partial charge in [-0.2, -0.15) is 0 Å². The second-order valence-electron chi connectivity index (χ2n) is 6.68. The highest BCUT2D eigenvalue weighted by atomic mass is 16.3. The van der Waals surface area contributed by atoms with Crippen LogP contribution in [-0.2, 0) is 6.54 Å². The molecule has 0 aromatic heterocycles. The highest BCUT2D eigenvalue weighted by Gasteiger charge is 2.41. The molecule has 3 nitrogen and oxygen atoms in total. The molecule has 0 bridgehead atoms. The molecule has 1 heterocycles. The van der Waals surface area contributed by atoms with E-state index in [-0.39, 0.29) is 6.10 Å². The van der Waals surface area contributed by atoms with Crippen molar-refractivity contribution in [2.24, 2.45) is 11.8 Å². The summed E-state index contributed by atoms with van der Waals surface area (Å²) in [6, 6.07) is 9.41. The first-order valence-corrected chi connectivity index (χ1v) is 7.89. The Labute approximate surface area is 122 Å². The van der Waals surface area contributed by atoms with Gasteiger partial charge in [0, 0.05) is 37.3 Å². The third-order valence-corrected chi connectivity index (χ3v) is 4.83. The van der Waals surface area contributed by atoms with Crippen LogP contribution >= 0.6 is 0 Å². The normalized spacial score (nSPS) is 29.2. The summed E-state index contributed by atoms with van der Waals surface area (Å²) in [4.78, 5) is 2.44. The van der Waals surface area contributed by atoms with Crippen molar-refractivity contribution in [3.8, 4) is 0 Å². The molecule has 1 aromatic rings. The molecule has 0 radical (unpaired) electrons. The van der Waals surface area contributed by atoms with Crippen LogP contribution in [0.25, 0.3) is 0 Å². The predicted octanol–water partition coefficient (Wildman–Crippen LogP) is 2.39. The smallest absolute Gasteiger partial charge is 0.0588 e. The van der Waals surface area contributed by atoms with Gasteiger partial charge >= 0.3 is 0 Å². The molecule has 2 aliphatic rings. The number of aliphatic hydroxyl groups is 1. The highest BCUT2D eigenvalue weighted by Crippen LogP contribution is 2.39. The zero-order chi connectivity index (χ0) is 14.1. The first-order valence-electron chi connectivity index (χ1n) is 7.89. The molecule has 1 saturated carbocycles. The number of fused-ring (bicyclic) bond motifs is 1. The van der Waals surface area contributed by atoms with Crippen LogP contribution in [-0.4, -0.2) is 30.3 Å². The predicted molar refractivity (Wildman–Crippen MR) is 82.9 cm³/mol. The van der Waals surface area contributed by atoms with Crippen molar-refractivity contribution in [3.63, 3.8) is 0 Å². The number of hydrogen-bond donors (Lipinski definition) is 2. The van der Waals surface area contributed by atoms with Gasteiger partial charge in [0.2, 0.25) is 0 Å². The van der Waals surface area contributed by atoms with Gasteiger partial charge in [-0.05, 0) is 36.5 Å². The molecule has 1 saturated heterocycles. The van der Waals surface area contributed by atoms with Gasteiger partial charge in [0.05, 0.1) is 6.10 Å². The Morgan fingerprint density at radius 1 is 1.20 bits per heavy atom. The molecule has 0 spiro atoms. The molecule has 3 heteroatoms. The van der Waals surface area contributed by atoms with E-state index >= 15 is 0 Å². The fraction of sp³-hybridized carbons (Fsp3) is 0.647. The monoisotopic (exact) mass is 274 g/mol. The molecule has 1 aromatic carbocycles. The van der Waals surface area contributed by atoms with Crippen LogP contribution in [0.3, 0.4) is 0 Å². The van der Waals surface area contributed by atoms with Crippen LogP contribution < -0.4 is 10.2 Å². The number of nitrogens with one attached hydrogen (secondary N) is 1. The van der Waals surface area contributed by atoms with E-state index in [0.29, 0.717) is 17.9 Å². The average molecular weight is 274 g/mol. The van der Waals surface area contributed by atoms with Crippen molar-refractivity contribution in [2.75, 3.05) is 18.0 Å². The Hall–Kier alpha value is -1.06. The van der Waals surface area contributed by atoms with Crippen molar-refractivity contribution in [1.29, 1.82) is 0 Å². The summed E-state index contributed by atoms with van der Waals surface area (Å²) in [5.41, 5.74) is 2.64. The molecule has 110 valence electrons. The molecular weight excluding hydrogens is 248 g/mol. The van der Waals surface area contributed by atoms with E-state index in [2.05, 4.69) is 48.3 Å². The summed E-state index contributed by atoms with van der Waals surface area (Å²) in [6.45, 7) is 7.41. The van der Waals surface area contributed by atoms with Crippen LogP contribution in [0.15, 0.2) is 24.3 Å². The Bertz CT molecular complexity index is 443. The molecule has 1 aliphatic heterocycles. The van der Waals surface area contributed by atoms with E-state index in [0.717, 1.165) is 26.1 Å². The Morgan fingerprint density at radius 2 is 1.95 bits per heavy atom. The summed E-state index contributed by atoms with van der Waals surface area (Å²) in [7, 11) is 0. The molecule has 0 amide bonds. The maximum atomic E-state index is 10.00. The number of rotatable bonds is 4. The lowest BCUT2D eigenvalue weighted by molar-refractivity contribution is 0.133. The number of anilines is 1. The molecule has 1 aliphatic carbocycles. The van der Waals surface area contributed by atoms with Crippen molar-refractivity contribution in [1.82, 2.24) is 5.32 Å². The highest BCUT2D eigenvalue weighted by molar-refractivity contribution is 5.49. The molecule has 3 atom stereocenters. The van der Waals surface area contributed by atoms with E-state index < -0.39 is 0 Å². The number of benzene rings is 1. The largest absolute Gasteiger partial charge is 0.393 e. The van der Waals surface area contributed by atoms with Crippen LogP contribution in [0.5, 0.6) is 0 Å². The third kappa shape index (κ3) is 2.84. The summed E-state index contributed by atoms with van der Waals surface area (Å²) in [5, 5.41) is 13.4. The quantitative estimate of drug-likeness (QED) is 0.885. The minimum absolute atomic E-state index is 0.0699. The molecule has 2 fully saturated rings. The number of nitrogens with zero attached hydrogens (tertiary/aromatic N) is 1. The Kier molecular flexibility index (Phi) is 3.99. The first-order chi connectivity index (χ1) is 9.63. The van der Waals surface area contributed by atoms with E-state index in [1.54, 1.807) is 0 Å². The van der Waals surface area contributed by atoms with E-state index in [1.807, 2.05) is 0 Å². The van der Waals surface area contributed by atoms with Gasteiger partial charge in [0.1, 0.15) is 0 Å². The van der Waals surface area contributed by atoms with E-state index in [4.69, 9.17) is 0 Å². The summed E-state index contributed by atoms with van der Waals surface area (Å²) in [5.74, 6) is 1.20. The SMILES string of the molecule is CC(C)NCc1ccc(N2CC3CCC(O)C3C2)cc1. The van der Waals surface area contributed by atoms with Crippen LogP contribution in [0, 0.1) is 11.8 Å². The van der Waals surface area contributed by atoms with Crippen molar-refractivity contribution < 1.29 is 5.11 Å². The van der Waals surface area contributed by atoms with Crippen molar-refractivity contribution in [2.45, 2.75) is 45.4 Å². The van der Waals surface area contributed by atoms with E-state index in [1.165, 1.54) is 17.7 Å². The van der Waals surface area contributed by atoms with Crippen LogP contribution in [0.2, 0.25) is 0 Å². The molecule has 20 heavy (non-hydrogen) atoms. The van der Waals surface area contributed by atoms with Crippen molar-refractivity contribution in [3.05, 3.63) is 29.8 Å². The number of aliphatic hydroxyl groups excluding tert-OH is 1.